The fourth-order valence-corrected chi connectivity index (χ4v) is 3.16. The Hall–Kier alpha value is -2.79. The number of halogens is 1. The Balaban J connectivity index is 2.02. The van der Waals surface area contributed by atoms with E-state index in [0.29, 0.717) is 28.7 Å². The Morgan fingerprint density at radius 3 is 2.26 bits per heavy atom. The fourth-order valence-electron chi connectivity index (χ4n) is 2.89. The van der Waals surface area contributed by atoms with Gasteiger partial charge >= 0.3 is 0 Å². The normalized spacial score (nSPS) is 13.5. The van der Waals surface area contributed by atoms with Crippen LogP contribution >= 0.6 is 11.6 Å². The van der Waals surface area contributed by atoms with Crippen LogP contribution in [0, 0.1) is 0 Å². The van der Waals surface area contributed by atoms with Gasteiger partial charge in [-0.2, -0.15) is 10.2 Å². The molecule has 0 aliphatic carbocycles. The minimum atomic E-state index is 0.558. The van der Waals surface area contributed by atoms with Crippen LogP contribution in [0.25, 0.3) is 6.08 Å². The lowest BCUT2D eigenvalue weighted by Gasteiger charge is -2.13. The van der Waals surface area contributed by atoms with Crippen molar-refractivity contribution in [3.8, 4) is 17.2 Å². The summed E-state index contributed by atoms with van der Waals surface area (Å²) >= 11 is 6.21. The van der Waals surface area contributed by atoms with Gasteiger partial charge in [-0.25, -0.2) is 0 Å². The van der Waals surface area contributed by atoms with Gasteiger partial charge in [-0.1, -0.05) is 23.7 Å². The van der Waals surface area contributed by atoms with Crippen molar-refractivity contribution in [3.05, 3.63) is 58.1 Å². The predicted molar refractivity (Wildman–Crippen MR) is 110 cm³/mol. The number of nitrogens with zero attached hydrogens (tertiary/aromatic N) is 2. The first-order chi connectivity index (χ1) is 13.0. The molecule has 0 saturated heterocycles. The highest BCUT2D eigenvalue weighted by atomic mass is 35.5. The lowest BCUT2D eigenvalue weighted by Crippen LogP contribution is -2.05. The van der Waals surface area contributed by atoms with Gasteiger partial charge < -0.3 is 14.2 Å². The van der Waals surface area contributed by atoms with Crippen LogP contribution in [0.2, 0.25) is 5.02 Å². The summed E-state index contributed by atoms with van der Waals surface area (Å²) in [5, 5.41) is 9.28. The molecule has 0 bridgehead atoms. The van der Waals surface area contributed by atoms with Crippen molar-refractivity contribution in [1.82, 2.24) is 0 Å². The van der Waals surface area contributed by atoms with E-state index in [1.165, 1.54) is 0 Å². The molecule has 3 rings (SSSR count). The van der Waals surface area contributed by atoms with E-state index in [0.717, 1.165) is 28.1 Å². The average molecular weight is 385 g/mol. The Bertz CT molecular complexity index is 949. The van der Waals surface area contributed by atoms with Gasteiger partial charge in [0.1, 0.15) is 5.75 Å². The second kappa shape index (κ2) is 8.27. The molecule has 1 heterocycles. The highest BCUT2D eigenvalue weighted by Crippen LogP contribution is 2.32. The molecule has 0 atom stereocenters. The van der Waals surface area contributed by atoms with Crippen molar-refractivity contribution in [2.24, 2.45) is 10.2 Å². The molecule has 27 heavy (non-hydrogen) atoms. The van der Waals surface area contributed by atoms with E-state index in [9.17, 15) is 0 Å². The molecule has 0 amide bonds. The molecule has 5 nitrogen and oxygen atoms in total. The fraction of sp³-hybridized carbons (Fsp3) is 0.238. The van der Waals surface area contributed by atoms with E-state index in [1.807, 2.05) is 49.4 Å². The third-order valence-corrected chi connectivity index (χ3v) is 4.56. The summed E-state index contributed by atoms with van der Waals surface area (Å²) in [7, 11) is 4.84. The maximum atomic E-state index is 6.21. The minimum Gasteiger partial charge on any atom is -0.495 e. The molecule has 140 valence electrons. The Morgan fingerprint density at radius 1 is 0.889 bits per heavy atom. The van der Waals surface area contributed by atoms with E-state index in [2.05, 4.69) is 10.2 Å². The summed E-state index contributed by atoms with van der Waals surface area (Å²) in [5.74, 6) is 1.99. The Kier molecular flexibility index (Phi) is 5.81. The van der Waals surface area contributed by atoms with Crippen molar-refractivity contribution in [2.75, 3.05) is 21.3 Å². The molecular formula is C21H21ClN2O3. The minimum absolute atomic E-state index is 0.558. The van der Waals surface area contributed by atoms with Crippen LogP contribution in [0.5, 0.6) is 17.2 Å². The number of hydrogen-bond acceptors (Lipinski definition) is 5. The maximum absolute atomic E-state index is 6.21. The van der Waals surface area contributed by atoms with E-state index in [4.69, 9.17) is 25.8 Å². The molecule has 2 aromatic rings. The molecule has 0 aromatic heterocycles. The molecular weight excluding hydrogens is 364 g/mol. The lowest BCUT2D eigenvalue weighted by atomic mass is 9.97. The molecule has 0 saturated carbocycles. The lowest BCUT2D eigenvalue weighted by molar-refractivity contribution is 0.354. The van der Waals surface area contributed by atoms with E-state index in [-0.39, 0.29) is 0 Å². The quantitative estimate of drug-likeness (QED) is 0.744. The van der Waals surface area contributed by atoms with Gasteiger partial charge in [0.25, 0.3) is 0 Å². The third-order valence-electron chi connectivity index (χ3n) is 4.27. The van der Waals surface area contributed by atoms with Gasteiger partial charge in [0.15, 0.2) is 11.5 Å². The topological polar surface area (TPSA) is 52.4 Å². The molecule has 1 aliphatic heterocycles. The highest BCUT2D eigenvalue weighted by molar-refractivity contribution is 6.32. The largest absolute Gasteiger partial charge is 0.495 e. The summed E-state index contributed by atoms with van der Waals surface area (Å²) in [6, 6.07) is 9.53. The number of ether oxygens (including phenoxy) is 3. The molecule has 0 fully saturated rings. The van der Waals surface area contributed by atoms with Crippen LogP contribution in [0.15, 0.2) is 46.6 Å². The zero-order valence-corrected chi connectivity index (χ0v) is 16.5. The molecule has 0 spiro atoms. The third kappa shape index (κ3) is 4.14. The smallest absolute Gasteiger partial charge is 0.161 e. The standard InChI is InChI=1S/C21H21ClN2O3/c1-13-9-15-11-20(26-3)21(27-4)12-16(15)18(24-23-13)7-5-14-6-8-19(25-2)17(22)10-14/h5-8,10-12H,9H2,1-4H3. The highest BCUT2D eigenvalue weighted by Gasteiger charge is 2.17. The number of hydrogen-bond donors (Lipinski definition) is 0. The van der Waals surface area contributed by atoms with E-state index in [1.54, 1.807) is 21.3 Å². The van der Waals surface area contributed by atoms with Crippen LogP contribution in [0.1, 0.15) is 23.6 Å². The van der Waals surface area contributed by atoms with Crippen LogP contribution in [0.4, 0.5) is 0 Å². The first kappa shape index (κ1) is 19.0. The van der Waals surface area contributed by atoms with Gasteiger partial charge in [-0.05, 0) is 48.4 Å². The number of benzene rings is 2. The number of rotatable bonds is 5. The van der Waals surface area contributed by atoms with Gasteiger partial charge in [0.2, 0.25) is 0 Å². The van der Waals surface area contributed by atoms with Gasteiger partial charge in [-0.3, -0.25) is 0 Å². The number of methoxy groups -OCH3 is 3. The second-order valence-electron chi connectivity index (χ2n) is 6.09. The summed E-state index contributed by atoms with van der Waals surface area (Å²) in [5.41, 5.74) is 4.66. The van der Waals surface area contributed by atoms with Gasteiger partial charge in [0, 0.05) is 17.7 Å². The average Bonchev–Trinajstić information content (AvgIpc) is 2.83. The zero-order chi connectivity index (χ0) is 19.4. The predicted octanol–water partition coefficient (Wildman–Crippen LogP) is 4.80. The maximum Gasteiger partial charge on any atom is 0.161 e. The van der Waals surface area contributed by atoms with Crippen molar-refractivity contribution in [2.45, 2.75) is 13.3 Å². The van der Waals surface area contributed by atoms with Crippen molar-refractivity contribution in [3.63, 3.8) is 0 Å². The zero-order valence-electron chi connectivity index (χ0n) is 15.7. The molecule has 2 aromatic carbocycles. The van der Waals surface area contributed by atoms with Crippen molar-refractivity contribution >= 4 is 29.1 Å². The molecule has 0 radical (unpaired) electrons. The van der Waals surface area contributed by atoms with Crippen molar-refractivity contribution in [1.29, 1.82) is 0 Å². The van der Waals surface area contributed by atoms with E-state index >= 15 is 0 Å². The summed E-state index contributed by atoms with van der Waals surface area (Å²) in [6.07, 6.45) is 4.57. The summed E-state index contributed by atoms with van der Waals surface area (Å²) in [6.45, 7) is 1.96. The van der Waals surface area contributed by atoms with Crippen LogP contribution in [-0.4, -0.2) is 32.8 Å². The summed E-state index contributed by atoms with van der Waals surface area (Å²) in [4.78, 5) is 0. The molecule has 6 heteroatoms. The molecule has 0 N–H and O–H groups in total. The van der Waals surface area contributed by atoms with Crippen LogP contribution in [-0.2, 0) is 6.42 Å². The first-order valence-electron chi connectivity index (χ1n) is 8.43. The first-order valence-corrected chi connectivity index (χ1v) is 8.81. The van der Waals surface area contributed by atoms with Crippen LogP contribution in [0.3, 0.4) is 0 Å². The Labute approximate surface area is 163 Å². The monoisotopic (exact) mass is 384 g/mol. The van der Waals surface area contributed by atoms with Crippen LogP contribution < -0.4 is 14.2 Å². The van der Waals surface area contributed by atoms with Gasteiger partial charge in [0.05, 0.1) is 32.1 Å². The molecule has 0 unspecified atom stereocenters. The van der Waals surface area contributed by atoms with Gasteiger partial charge in [-0.15, -0.1) is 0 Å². The summed E-state index contributed by atoms with van der Waals surface area (Å²) < 4.78 is 16.1. The number of fused-ring (bicyclic) bond motifs is 1. The molecule has 1 aliphatic rings. The number of allylic oxidation sites excluding steroid dienone is 1. The van der Waals surface area contributed by atoms with E-state index < -0.39 is 0 Å². The second-order valence-corrected chi connectivity index (χ2v) is 6.50. The Morgan fingerprint density at radius 2 is 1.59 bits per heavy atom. The SMILES string of the molecule is COc1ccc(C=CC2=NN=C(C)Cc3cc(OC)c(OC)cc32)cc1Cl. The van der Waals surface area contributed by atoms with Crippen molar-refractivity contribution < 1.29 is 14.2 Å².